The van der Waals surface area contributed by atoms with Gasteiger partial charge < -0.3 is 4.74 Å². The highest BCUT2D eigenvalue weighted by Crippen LogP contribution is 2.30. The summed E-state index contributed by atoms with van der Waals surface area (Å²) in [6, 6.07) is 14.1. The first kappa shape index (κ1) is 20.8. The van der Waals surface area contributed by atoms with Gasteiger partial charge in [-0.25, -0.2) is 8.42 Å². The molecule has 0 radical (unpaired) electrons. The van der Waals surface area contributed by atoms with E-state index in [0.29, 0.717) is 23.7 Å². The van der Waals surface area contributed by atoms with Gasteiger partial charge in [0.1, 0.15) is 5.75 Å². The highest BCUT2D eigenvalue weighted by Gasteiger charge is 2.36. The zero-order chi connectivity index (χ0) is 20.5. The Bertz CT molecular complexity index is 916. The molecule has 152 valence electrons. The molecule has 6 heteroatoms. The van der Waals surface area contributed by atoms with E-state index in [0.717, 1.165) is 17.7 Å². The van der Waals surface area contributed by atoms with Crippen molar-refractivity contribution in [3.05, 3.63) is 59.2 Å². The molecule has 2 atom stereocenters. The van der Waals surface area contributed by atoms with Gasteiger partial charge in [-0.05, 0) is 56.5 Å². The van der Waals surface area contributed by atoms with Gasteiger partial charge in [0.2, 0.25) is 10.0 Å². The molecule has 0 spiro atoms. The van der Waals surface area contributed by atoms with Crippen LogP contribution < -0.4 is 4.74 Å². The Balaban J connectivity index is 1.83. The summed E-state index contributed by atoms with van der Waals surface area (Å²) in [4.78, 5) is 2.76. The Hall–Kier alpha value is -1.89. The monoisotopic (exact) mass is 402 g/mol. The minimum absolute atomic E-state index is 0.137. The average molecular weight is 403 g/mol. The molecule has 3 rings (SSSR count). The largest absolute Gasteiger partial charge is 0.496 e. The molecule has 28 heavy (non-hydrogen) atoms. The molecule has 2 aromatic carbocycles. The molecule has 1 fully saturated rings. The molecular formula is C22H30N2O3S. The SMILES string of the molecule is COc1cc(C)c(S(=O)(=O)N2CC(C)N(Cc3ccccc3)C(C)C2)cc1C. The van der Waals surface area contributed by atoms with E-state index in [4.69, 9.17) is 4.74 Å². The number of nitrogens with zero attached hydrogens (tertiary/aromatic N) is 2. The summed E-state index contributed by atoms with van der Waals surface area (Å²) >= 11 is 0. The van der Waals surface area contributed by atoms with Crippen LogP contribution in [0, 0.1) is 13.8 Å². The first-order chi connectivity index (χ1) is 13.2. The van der Waals surface area contributed by atoms with Crippen molar-refractivity contribution >= 4 is 10.0 Å². The number of methoxy groups -OCH3 is 1. The van der Waals surface area contributed by atoms with Crippen molar-refractivity contribution in [1.29, 1.82) is 0 Å². The second-order valence-corrected chi connectivity index (χ2v) is 9.67. The van der Waals surface area contributed by atoms with Gasteiger partial charge in [0.15, 0.2) is 0 Å². The van der Waals surface area contributed by atoms with E-state index >= 15 is 0 Å². The van der Waals surface area contributed by atoms with Gasteiger partial charge in [-0.1, -0.05) is 30.3 Å². The summed E-state index contributed by atoms with van der Waals surface area (Å²) in [7, 11) is -1.95. The predicted octanol–water partition coefficient (Wildman–Crippen LogP) is 3.60. The minimum atomic E-state index is -3.55. The van der Waals surface area contributed by atoms with Crippen LogP contribution in [0.2, 0.25) is 0 Å². The molecule has 0 saturated carbocycles. The van der Waals surface area contributed by atoms with E-state index in [1.165, 1.54) is 5.56 Å². The first-order valence-electron chi connectivity index (χ1n) is 9.69. The van der Waals surface area contributed by atoms with Crippen LogP contribution in [-0.2, 0) is 16.6 Å². The van der Waals surface area contributed by atoms with Gasteiger partial charge in [0, 0.05) is 31.7 Å². The molecule has 0 aliphatic carbocycles. The molecule has 2 unspecified atom stereocenters. The molecule has 1 aliphatic rings. The Labute approximate surface area is 169 Å². The smallest absolute Gasteiger partial charge is 0.243 e. The fourth-order valence-electron chi connectivity index (χ4n) is 4.01. The van der Waals surface area contributed by atoms with E-state index < -0.39 is 10.0 Å². The van der Waals surface area contributed by atoms with Crippen molar-refractivity contribution in [3.63, 3.8) is 0 Å². The third-order valence-corrected chi connectivity index (χ3v) is 7.56. The van der Waals surface area contributed by atoms with Crippen LogP contribution in [0.25, 0.3) is 0 Å². The maximum absolute atomic E-state index is 13.4. The molecule has 2 aromatic rings. The number of aryl methyl sites for hydroxylation is 2. The summed E-state index contributed by atoms with van der Waals surface area (Å²) in [5, 5.41) is 0. The minimum Gasteiger partial charge on any atom is -0.496 e. The fourth-order valence-corrected chi connectivity index (χ4v) is 5.90. The van der Waals surface area contributed by atoms with Crippen molar-refractivity contribution in [2.75, 3.05) is 20.2 Å². The number of ether oxygens (including phenoxy) is 1. The lowest BCUT2D eigenvalue weighted by Crippen LogP contribution is -2.57. The van der Waals surface area contributed by atoms with Crippen LogP contribution in [0.4, 0.5) is 0 Å². The normalized spacial score (nSPS) is 21.6. The van der Waals surface area contributed by atoms with Gasteiger partial charge in [-0.3, -0.25) is 4.90 Å². The van der Waals surface area contributed by atoms with E-state index in [-0.39, 0.29) is 12.1 Å². The highest BCUT2D eigenvalue weighted by molar-refractivity contribution is 7.89. The molecule has 1 saturated heterocycles. The second-order valence-electron chi connectivity index (χ2n) is 7.77. The Morgan fingerprint density at radius 1 is 1.00 bits per heavy atom. The molecular weight excluding hydrogens is 372 g/mol. The van der Waals surface area contributed by atoms with Crippen molar-refractivity contribution in [2.24, 2.45) is 0 Å². The average Bonchev–Trinajstić information content (AvgIpc) is 2.66. The number of sulfonamides is 1. The van der Waals surface area contributed by atoms with E-state index in [1.807, 2.05) is 32.0 Å². The summed E-state index contributed by atoms with van der Waals surface area (Å²) in [6.07, 6.45) is 0. The lowest BCUT2D eigenvalue weighted by molar-refractivity contribution is 0.0698. The van der Waals surface area contributed by atoms with Crippen LogP contribution >= 0.6 is 0 Å². The second kappa shape index (κ2) is 8.23. The van der Waals surface area contributed by atoms with Crippen molar-refractivity contribution < 1.29 is 13.2 Å². The lowest BCUT2D eigenvalue weighted by atomic mass is 10.1. The van der Waals surface area contributed by atoms with Crippen LogP contribution in [0.5, 0.6) is 5.75 Å². The van der Waals surface area contributed by atoms with Crippen LogP contribution in [0.15, 0.2) is 47.4 Å². The van der Waals surface area contributed by atoms with Gasteiger partial charge in [0.25, 0.3) is 0 Å². The molecule has 1 aliphatic heterocycles. The number of benzene rings is 2. The van der Waals surface area contributed by atoms with Gasteiger partial charge in [-0.15, -0.1) is 0 Å². The number of hydrogen-bond donors (Lipinski definition) is 0. The Kier molecular flexibility index (Phi) is 6.12. The van der Waals surface area contributed by atoms with Crippen LogP contribution in [-0.4, -0.2) is 49.9 Å². The van der Waals surface area contributed by atoms with Crippen molar-refractivity contribution in [1.82, 2.24) is 9.21 Å². The number of rotatable bonds is 5. The van der Waals surface area contributed by atoms with E-state index in [1.54, 1.807) is 23.5 Å². The van der Waals surface area contributed by atoms with E-state index in [2.05, 4.69) is 30.9 Å². The fraction of sp³-hybridized carbons (Fsp3) is 0.455. The van der Waals surface area contributed by atoms with Crippen LogP contribution in [0.1, 0.15) is 30.5 Å². The molecule has 0 aromatic heterocycles. The van der Waals surface area contributed by atoms with Gasteiger partial charge >= 0.3 is 0 Å². The summed E-state index contributed by atoms with van der Waals surface area (Å²) in [6.45, 7) is 9.72. The zero-order valence-corrected chi connectivity index (χ0v) is 18.2. The molecule has 0 bridgehead atoms. The Morgan fingerprint density at radius 2 is 1.61 bits per heavy atom. The topological polar surface area (TPSA) is 49.9 Å². The standard InChI is InChI=1S/C22H30N2O3S/c1-16-12-22(17(2)11-21(16)27-5)28(25,26)23-13-18(3)24(19(4)14-23)15-20-9-7-6-8-10-20/h6-12,18-19H,13-15H2,1-5H3. The van der Waals surface area contributed by atoms with Gasteiger partial charge in [-0.2, -0.15) is 4.31 Å². The maximum Gasteiger partial charge on any atom is 0.243 e. The maximum atomic E-state index is 13.4. The molecule has 0 N–H and O–H groups in total. The summed E-state index contributed by atoms with van der Waals surface area (Å²) < 4.78 is 33.7. The van der Waals surface area contributed by atoms with Crippen molar-refractivity contribution in [3.8, 4) is 5.75 Å². The third kappa shape index (κ3) is 4.09. The van der Waals surface area contributed by atoms with Gasteiger partial charge in [0.05, 0.1) is 12.0 Å². The number of piperazine rings is 1. The third-order valence-electron chi connectivity index (χ3n) is 5.59. The van der Waals surface area contributed by atoms with E-state index in [9.17, 15) is 8.42 Å². The summed E-state index contributed by atoms with van der Waals surface area (Å²) in [5.41, 5.74) is 2.80. The molecule has 1 heterocycles. The first-order valence-corrected chi connectivity index (χ1v) is 11.1. The zero-order valence-electron chi connectivity index (χ0n) is 17.3. The Morgan fingerprint density at radius 3 is 2.18 bits per heavy atom. The quantitative estimate of drug-likeness (QED) is 0.767. The predicted molar refractivity (Wildman–Crippen MR) is 112 cm³/mol. The van der Waals surface area contributed by atoms with Crippen LogP contribution in [0.3, 0.4) is 0 Å². The lowest BCUT2D eigenvalue weighted by Gasteiger charge is -2.44. The highest BCUT2D eigenvalue weighted by atomic mass is 32.2. The number of hydrogen-bond acceptors (Lipinski definition) is 4. The molecule has 0 amide bonds. The molecule has 5 nitrogen and oxygen atoms in total. The summed E-state index contributed by atoms with van der Waals surface area (Å²) in [5.74, 6) is 0.714. The van der Waals surface area contributed by atoms with Crippen molar-refractivity contribution in [2.45, 2.75) is 51.2 Å².